The van der Waals surface area contributed by atoms with Crippen molar-refractivity contribution in [1.82, 2.24) is 0 Å². The number of para-hydroxylation sites is 2. The van der Waals surface area contributed by atoms with Gasteiger partial charge in [-0.1, -0.05) is 12.1 Å². The number of phenolic OH excluding ortho intramolecular Hbond substituents is 1. The monoisotopic (exact) mass is 398 g/mol. The summed E-state index contributed by atoms with van der Waals surface area (Å²) in [6.45, 7) is 0. The number of hydrogen-bond acceptors (Lipinski definition) is 5. The van der Waals surface area contributed by atoms with E-state index in [1.807, 2.05) is 0 Å². The molecular weight excluding hydrogens is 380 g/mol. The average molecular weight is 398 g/mol. The fourth-order valence-corrected chi connectivity index (χ4v) is 3.53. The first kappa shape index (κ1) is 19.2. The number of ether oxygens (including phenoxy) is 1. The normalized spacial score (nSPS) is 10.9. The fraction of sp³-hybridized carbons (Fsp3) is 0.0500. The van der Waals surface area contributed by atoms with Crippen molar-refractivity contribution >= 4 is 27.3 Å². The quantitative estimate of drug-likeness (QED) is 0.590. The van der Waals surface area contributed by atoms with Gasteiger partial charge in [-0.05, 0) is 60.7 Å². The van der Waals surface area contributed by atoms with Crippen molar-refractivity contribution in [3.63, 3.8) is 0 Å². The molecule has 0 fully saturated rings. The minimum absolute atomic E-state index is 0.0456. The van der Waals surface area contributed by atoms with Gasteiger partial charge in [0.2, 0.25) is 0 Å². The molecule has 0 unspecified atom stereocenters. The van der Waals surface area contributed by atoms with E-state index < -0.39 is 15.9 Å². The summed E-state index contributed by atoms with van der Waals surface area (Å²) in [6.07, 6.45) is 0. The topological polar surface area (TPSA) is 105 Å². The predicted octanol–water partition coefficient (Wildman–Crippen LogP) is 3.45. The van der Waals surface area contributed by atoms with Crippen molar-refractivity contribution in [2.24, 2.45) is 0 Å². The Morgan fingerprint density at radius 1 is 0.893 bits per heavy atom. The number of anilines is 2. The van der Waals surface area contributed by atoms with Crippen molar-refractivity contribution < 1.29 is 23.1 Å². The van der Waals surface area contributed by atoms with Crippen LogP contribution in [0.25, 0.3) is 0 Å². The van der Waals surface area contributed by atoms with Crippen LogP contribution in [0.2, 0.25) is 0 Å². The molecule has 8 heteroatoms. The van der Waals surface area contributed by atoms with Crippen molar-refractivity contribution in [2.45, 2.75) is 4.90 Å². The first-order valence-electron chi connectivity index (χ1n) is 8.25. The van der Waals surface area contributed by atoms with E-state index in [2.05, 4.69) is 10.0 Å². The zero-order chi connectivity index (χ0) is 20.1. The second-order valence-corrected chi connectivity index (χ2v) is 7.51. The Balaban J connectivity index is 1.83. The van der Waals surface area contributed by atoms with E-state index in [1.165, 1.54) is 43.5 Å². The largest absolute Gasteiger partial charge is 0.508 e. The SMILES string of the molecule is COc1ccc(S(=O)(=O)Nc2ccccc2NC(=O)c2ccc(O)cc2)cc1. The first-order valence-corrected chi connectivity index (χ1v) is 9.73. The molecule has 0 atom stereocenters. The number of rotatable bonds is 6. The molecule has 0 bridgehead atoms. The molecule has 1 amide bonds. The molecule has 0 aliphatic heterocycles. The Hall–Kier alpha value is -3.52. The van der Waals surface area contributed by atoms with Crippen LogP contribution >= 0.6 is 0 Å². The van der Waals surface area contributed by atoms with Crippen LogP contribution in [0.4, 0.5) is 11.4 Å². The van der Waals surface area contributed by atoms with Crippen molar-refractivity contribution in [1.29, 1.82) is 0 Å². The summed E-state index contributed by atoms with van der Waals surface area (Å²) >= 11 is 0. The van der Waals surface area contributed by atoms with Crippen LogP contribution in [-0.4, -0.2) is 26.5 Å². The smallest absolute Gasteiger partial charge is 0.261 e. The van der Waals surface area contributed by atoms with Crippen LogP contribution in [0.3, 0.4) is 0 Å². The maximum absolute atomic E-state index is 12.7. The van der Waals surface area contributed by atoms with Gasteiger partial charge in [-0.2, -0.15) is 0 Å². The van der Waals surface area contributed by atoms with Crippen LogP contribution in [-0.2, 0) is 10.0 Å². The molecule has 3 N–H and O–H groups in total. The Kier molecular flexibility index (Phi) is 5.51. The van der Waals surface area contributed by atoms with Crippen LogP contribution in [0, 0.1) is 0 Å². The molecule has 0 aliphatic rings. The number of amides is 1. The molecule has 0 saturated carbocycles. The van der Waals surface area contributed by atoms with Crippen LogP contribution in [0.15, 0.2) is 77.7 Å². The van der Waals surface area contributed by atoms with Gasteiger partial charge in [-0.15, -0.1) is 0 Å². The zero-order valence-corrected chi connectivity index (χ0v) is 15.7. The molecule has 3 aromatic rings. The molecule has 3 rings (SSSR count). The Labute approximate surface area is 162 Å². The number of phenols is 1. The summed E-state index contributed by atoms with van der Waals surface area (Å²) in [5.74, 6) is 0.154. The minimum Gasteiger partial charge on any atom is -0.508 e. The van der Waals surface area contributed by atoms with Gasteiger partial charge in [0.25, 0.3) is 15.9 Å². The summed E-state index contributed by atoms with van der Waals surface area (Å²) < 4.78 is 32.8. The highest BCUT2D eigenvalue weighted by Gasteiger charge is 2.17. The van der Waals surface area contributed by atoms with Crippen LogP contribution < -0.4 is 14.8 Å². The Morgan fingerprint density at radius 2 is 1.50 bits per heavy atom. The maximum Gasteiger partial charge on any atom is 0.261 e. The van der Waals surface area contributed by atoms with Crippen LogP contribution in [0.5, 0.6) is 11.5 Å². The molecule has 0 aromatic heterocycles. The van der Waals surface area contributed by atoms with E-state index in [0.29, 0.717) is 17.0 Å². The lowest BCUT2D eigenvalue weighted by molar-refractivity contribution is 0.102. The molecule has 144 valence electrons. The number of benzene rings is 3. The lowest BCUT2D eigenvalue weighted by Crippen LogP contribution is -2.17. The number of carbonyl (C=O) groups excluding carboxylic acids is 1. The van der Waals surface area contributed by atoms with Crippen molar-refractivity contribution in [3.8, 4) is 11.5 Å². The molecule has 28 heavy (non-hydrogen) atoms. The zero-order valence-electron chi connectivity index (χ0n) is 14.9. The second-order valence-electron chi connectivity index (χ2n) is 5.83. The lowest BCUT2D eigenvalue weighted by atomic mass is 10.2. The molecule has 0 saturated heterocycles. The number of aromatic hydroxyl groups is 1. The predicted molar refractivity (Wildman–Crippen MR) is 106 cm³/mol. The summed E-state index contributed by atoms with van der Waals surface area (Å²) in [4.78, 5) is 12.5. The number of hydrogen-bond donors (Lipinski definition) is 3. The summed E-state index contributed by atoms with van der Waals surface area (Å²) in [7, 11) is -2.36. The lowest BCUT2D eigenvalue weighted by Gasteiger charge is -2.14. The number of nitrogens with one attached hydrogen (secondary N) is 2. The highest BCUT2D eigenvalue weighted by atomic mass is 32.2. The fourth-order valence-electron chi connectivity index (χ4n) is 2.45. The van der Waals surface area contributed by atoms with Gasteiger partial charge in [0, 0.05) is 5.56 Å². The average Bonchev–Trinajstić information content (AvgIpc) is 2.70. The van der Waals surface area contributed by atoms with E-state index in [9.17, 15) is 18.3 Å². The third-order valence-electron chi connectivity index (χ3n) is 3.92. The van der Waals surface area contributed by atoms with Gasteiger partial charge in [0.05, 0.1) is 23.4 Å². The second kappa shape index (κ2) is 8.01. The molecule has 0 radical (unpaired) electrons. The standard InChI is InChI=1S/C20H18N2O5S/c1-27-16-10-12-17(13-11-16)28(25,26)22-19-5-3-2-4-18(19)21-20(24)14-6-8-15(23)9-7-14/h2-13,22-23H,1H3,(H,21,24). The number of sulfonamides is 1. The highest BCUT2D eigenvalue weighted by Crippen LogP contribution is 2.26. The molecular formula is C20H18N2O5S. The molecule has 7 nitrogen and oxygen atoms in total. The minimum atomic E-state index is -3.86. The van der Waals surface area contributed by atoms with E-state index in [1.54, 1.807) is 36.4 Å². The van der Waals surface area contributed by atoms with Gasteiger partial charge < -0.3 is 15.2 Å². The number of carbonyl (C=O) groups is 1. The Bertz CT molecular complexity index is 1080. The van der Waals surface area contributed by atoms with Gasteiger partial charge in [-0.25, -0.2) is 8.42 Å². The summed E-state index contributed by atoms with van der Waals surface area (Å²) in [6, 6.07) is 18.2. The number of methoxy groups -OCH3 is 1. The molecule has 0 spiro atoms. The van der Waals surface area contributed by atoms with Gasteiger partial charge in [-0.3, -0.25) is 9.52 Å². The van der Waals surface area contributed by atoms with E-state index in [-0.39, 0.29) is 16.3 Å². The van der Waals surface area contributed by atoms with E-state index >= 15 is 0 Å². The maximum atomic E-state index is 12.7. The summed E-state index contributed by atoms with van der Waals surface area (Å²) in [5, 5.41) is 12.0. The van der Waals surface area contributed by atoms with E-state index in [0.717, 1.165) is 0 Å². The Morgan fingerprint density at radius 3 is 2.11 bits per heavy atom. The van der Waals surface area contributed by atoms with Crippen LogP contribution in [0.1, 0.15) is 10.4 Å². The van der Waals surface area contributed by atoms with Crippen molar-refractivity contribution in [3.05, 3.63) is 78.4 Å². The third kappa shape index (κ3) is 4.41. The molecule has 3 aromatic carbocycles. The summed E-state index contributed by atoms with van der Waals surface area (Å²) in [5.41, 5.74) is 0.855. The van der Waals surface area contributed by atoms with Gasteiger partial charge >= 0.3 is 0 Å². The van der Waals surface area contributed by atoms with E-state index in [4.69, 9.17) is 4.74 Å². The highest BCUT2D eigenvalue weighted by molar-refractivity contribution is 7.92. The van der Waals surface area contributed by atoms with Crippen molar-refractivity contribution in [2.75, 3.05) is 17.1 Å². The van der Waals surface area contributed by atoms with Gasteiger partial charge in [0.15, 0.2) is 0 Å². The first-order chi connectivity index (χ1) is 13.4. The molecule has 0 heterocycles. The van der Waals surface area contributed by atoms with Gasteiger partial charge in [0.1, 0.15) is 11.5 Å². The third-order valence-corrected chi connectivity index (χ3v) is 5.30. The molecule has 0 aliphatic carbocycles.